The molecular formula is C26H46O10. The van der Waals surface area contributed by atoms with Gasteiger partial charge < -0.3 is 39.4 Å². The van der Waals surface area contributed by atoms with Gasteiger partial charge in [0.1, 0.15) is 31.0 Å². The molecule has 0 aromatic carbocycles. The number of aliphatic hydroxyl groups excluding tert-OH is 4. The number of carbonyl (C=O) groups is 2. The Morgan fingerprint density at radius 2 is 1.53 bits per heavy atom. The fourth-order valence-corrected chi connectivity index (χ4v) is 3.69. The standard InChI is InChI=1S/C26H46O10/c1-3-5-6-7-8-9-10-11-12-13-15-22(29)35-19(17-33-21(28)14-4-2)18-34-26-25(32)24(31)23(30)20(16-27)36-26/h6-7,19-20,23-27,30-32H,3-5,8-18H2,1-2H3/b7-6-. The molecule has 1 rings (SSSR count). The fourth-order valence-electron chi connectivity index (χ4n) is 3.69. The zero-order valence-corrected chi connectivity index (χ0v) is 21.8. The largest absolute Gasteiger partial charge is 0.462 e. The van der Waals surface area contributed by atoms with Gasteiger partial charge in [0.2, 0.25) is 0 Å². The molecule has 210 valence electrons. The predicted octanol–water partition coefficient (Wildman–Crippen LogP) is 2.14. The number of aliphatic hydroxyl groups is 4. The first-order valence-corrected chi connectivity index (χ1v) is 13.3. The van der Waals surface area contributed by atoms with Gasteiger partial charge in [-0.2, -0.15) is 0 Å². The SMILES string of the molecule is CCC/C=C\CCCCCCCC(=O)OC(COC(=O)CCC)COC1OC(CO)C(O)C(O)C1O. The van der Waals surface area contributed by atoms with Gasteiger partial charge in [-0.05, 0) is 32.1 Å². The first-order chi connectivity index (χ1) is 17.3. The summed E-state index contributed by atoms with van der Waals surface area (Å²) in [4.78, 5) is 24.1. The van der Waals surface area contributed by atoms with E-state index in [1.54, 1.807) is 0 Å². The van der Waals surface area contributed by atoms with Crippen LogP contribution in [0.15, 0.2) is 12.2 Å². The zero-order chi connectivity index (χ0) is 26.8. The summed E-state index contributed by atoms with van der Waals surface area (Å²) in [5, 5.41) is 39.2. The minimum absolute atomic E-state index is 0.218. The number of rotatable bonds is 19. The monoisotopic (exact) mass is 518 g/mol. The number of hydrogen-bond donors (Lipinski definition) is 4. The van der Waals surface area contributed by atoms with E-state index in [1.165, 1.54) is 0 Å². The molecule has 4 N–H and O–H groups in total. The van der Waals surface area contributed by atoms with Crippen molar-refractivity contribution < 1.29 is 49.0 Å². The lowest BCUT2D eigenvalue weighted by atomic mass is 9.99. The van der Waals surface area contributed by atoms with Crippen LogP contribution in [0.3, 0.4) is 0 Å². The van der Waals surface area contributed by atoms with Crippen LogP contribution in [0.1, 0.15) is 84.5 Å². The van der Waals surface area contributed by atoms with Gasteiger partial charge in [0.15, 0.2) is 12.4 Å². The third kappa shape index (κ3) is 13.1. The van der Waals surface area contributed by atoms with Gasteiger partial charge in [0.05, 0.1) is 13.2 Å². The predicted molar refractivity (Wildman–Crippen MR) is 132 cm³/mol. The Hall–Kier alpha value is -1.56. The Labute approximate surface area is 214 Å². The third-order valence-electron chi connectivity index (χ3n) is 5.85. The maximum Gasteiger partial charge on any atom is 0.306 e. The summed E-state index contributed by atoms with van der Waals surface area (Å²) in [5.41, 5.74) is 0. The van der Waals surface area contributed by atoms with E-state index in [4.69, 9.17) is 18.9 Å². The molecule has 10 nitrogen and oxygen atoms in total. The van der Waals surface area contributed by atoms with Crippen molar-refractivity contribution in [1.29, 1.82) is 0 Å². The van der Waals surface area contributed by atoms with E-state index in [2.05, 4.69) is 19.1 Å². The van der Waals surface area contributed by atoms with E-state index in [1.807, 2.05) is 6.92 Å². The smallest absolute Gasteiger partial charge is 0.306 e. The number of allylic oxidation sites excluding steroid dienone is 2. The Morgan fingerprint density at radius 3 is 2.22 bits per heavy atom. The summed E-state index contributed by atoms with van der Waals surface area (Å²) in [5.74, 6) is -0.887. The van der Waals surface area contributed by atoms with Crippen LogP contribution in [0.25, 0.3) is 0 Å². The first kappa shape index (κ1) is 32.5. The summed E-state index contributed by atoms with van der Waals surface area (Å²) in [6.45, 7) is 2.90. The van der Waals surface area contributed by atoms with Crippen LogP contribution in [0.2, 0.25) is 0 Å². The van der Waals surface area contributed by atoms with Crippen molar-refractivity contribution in [3.8, 4) is 0 Å². The van der Waals surface area contributed by atoms with Crippen molar-refractivity contribution in [2.75, 3.05) is 19.8 Å². The van der Waals surface area contributed by atoms with Crippen LogP contribution in [0.4, 0.5) is 0 Å². The molecule has 1 aliphatic heterocycles. The highest BCUT2D eigenvalue weighted by Gasteiger charge is 2.44. The molecule has 0 aromatic rings. The topological polar surface area (TPSA) is 152 Å². The summed E-state index contributed by atoms with van der Waals surface area (Å²) in [6.07, 6.45) is 5.60. The lowest BCUT2D eigenvalue weighted by Crippen LogP contribution is -2.59. The van der Waals surface area contributed by atoms with Gasteiger partial charge in [-0.3, -0.25) is 9.59 Å². The second-order valence-electron chi connectivity index (χ2n) is 9.14. The van der Waals surface area contributed by atoms with Crippen molar-refractivity contribution in [1.82, 2.24) is 0 Å². The molecule has 0 saturated carbocycles. The highest BCUT2D eigenvalue weighted by molar-refractivity contribution is 5.70. The van der Waals surface area contributed by atoms with Gasteiger partial charge in [0.25, 0.3) is 0 Å². The average molecular weight is 519 g/mol. The number of esters is 2. The van der Waals surface area contributed by atoms with Crippen LogP contribution < -0.4 is 0 Å². The molecule has 0 spiro atoms. The Bertz CT molecular complexity index is 624. The molecule has 1 aliphatic rings. The van der Waals surface area contributed by atoms with Crippen LogP contribution in [0, 0.1) is 0 Å². The molecule has 0 aromatic heterocycles. The zero-order valence-electron chi connectivity index (χ0n) is 21.8. The highest BCUT2D eigenvalue weighted by atomic mass is 16.7. The van der Waals surface area contributed by atoms with E-state index in [0.717, 1.165) is 44.9 Å². The number of unbranched alkanes of at least 4 members (excludes halogenated alkanes) is 6. The molecule has 6 atom stereocenters. The van der Waals surface area contributed by atoms with Crippen LogP contribution in [-0.2, 0) is 28.5 Å². The second kappa shape index (κ2) is 19.5. The van der Waals surface area contributed by atoms with E-state index in [9.17, 15) is 30.0 Å². The molecular weight excluding hydrogens is 472 g/mol. The van der Waals surface area contributed by atoms with E-state index >= 15 is 0 Å². The Kier molecular flexibility index (Phi) is 17.6. The third-order valence-corrected chi connectivity index (χ3v) is 5.85. The second-order valence-corrected chi connectivity index (χ2v) is 9.14. The summed E-state index contributed by atoms with van der Waals surface area (Å²) >= 11 is 0. The average Bonchev–Trinajstić information content (AvgIpc) is 2.86. The van der Waals surface area contributed by atoms with Crippen molar-refractivity contribution in [3.05, 3.63) is 12.2 Å². The molecule has 1 saturated heterocycles. The van der Waals surface area contributed by atoms with Crippen molar-refractivity contribution in [2.24, 2.45) is 0 Å². The fraction of sp³-hybridized carbons (Fsp3) is 0.846. The van der Waals surface area contributed by atoms with E-state index < -0.39 is 55.4 Å². The summed E-state index contributed by atoms with van der Waals surface area (Å²) in [6, 6.07) is 0. The Balaban J connectivity index is 2.46. The molecule has 0 radical (unpaired) electrons. The van der Waals surface area contributed by atoms with Crippen molar-refractivity contribution in [2.45, 2.75) is 121 Å². The van der Waals surface area contributed by atoms with Crippen molar-refractivity contribution in [3.63, 3.8) is 0 Å². The number of ether oxygens (including phenoxy) is 4. The van der Waals surface area contributed by atoms with Crippen LogP contribution in [-0.4, -0.2) is 89.0 Å². The summed E-state index contributed by atoms with van der Waals surface area (Å²) < 4.78 is 21.4. The number of carbonyl (C=O) groups excluding carboxylic acids is 2. The van der Waals surface area contributed by atoms with E-state index in [0.29, 0.717) is 12.8 Å². The molecule has 0 bridgehead atoms. The van der Waals surface area contributed by atoms with Crippen LogP contribution >= 0.6 is 0 Å². The minimum atomic E-state index is -1.59. The molecule has 1 fully saturated rings. The molecule has 10 heteroatoms. The van der Waals surface area contributed by atoms with Gasteiger partial charge in [-0.1, -0.05) is 51.7 Å². The molecule has 36 heavy (non-hydrogen) atoms. The van der Waals surface area contributed by atoms with Gasteiger partial charge >= 0.3 is 11.9 Å². The van der Waals surface area contributed by atoms with Gasteiger partial charge in [0, 0.05) is 12.8 Å². The Morgan fingerprint density at radius 1 is 0.833 bits per heavy atom. The lowest BCUT2D eigenvalue weighted by molar-refractivity contribution is -0.305. The minimum Gasteiger partial charge on any atom is -0.462 e. The maximum atomic E-state index is 12.4. The lowest BCUT2D eigenvalue weighted by Gasteiger charge is -2.39. The van der Waals surface area contributed by atoms with Gasteiger partial charge in [-0.25, -0.2) is 0 Å². The quantitative estimate of drug-likeness (QED) is 0.114. The van der Waals surface area contributed by atoms with Gasteiger partial charge in [-0.15, -0.1) is 0 Å². The summed E-state index contributed by atoms with van der Waals surface area (Å²) in [7, 11) is 0. The van der Waals surface area contributed by atoms with E-state index in [-0.39, 0.29) is 26.1 Å². The molecule has 0 aliphatic carbocycles. The maximum absolute atomic E-state index is 12.4. The molecule has 6 unspecified atom stereocenters. The molecule has 1 heterocycles. The highest BCUT2D eigenvalue weighted by Crippen LogP contribution is 2.22. The first-order valence-electron chi connectivity index (χ1n) is 13.3. The van der Waals surface area contributed by atoms with Crippen molar-refractivity contribution >= 4 is 11.9 Å². The molecule has 0 amide bonds. The van der Waals surface area contributed by atoms with Crippen LogP contribution in [0.5, 0.6) is 0 Å². The number of hydrogen-bond acceptors (Lipinski definition) is 10. The normalized spacial score (nSPS) is 25.1.